The first-order valence-corrected chi connectivity index (χ1v) is 9.62. The highest BCUT2D eigenvalue weighted by Gasteiger charge is 2.24. The minimum absolute atomic E-state index is 0.0687. The topological polar surface area (TPSA) is 99.9 Å². The number of pyridine rings is 1. The third-order valence-corrected chi connectivity index (χ3v) is 5.28. The molecule has 0 aliphatic heterocycles. The minimum Gasteiger partial charge on any atom is -0.292 e. The molecule has 140 valence electrons. The van der Waals surface area contributed by atoms with Crippen LogP contribution in [0, 0.1) is 17.1 Å². The first kappa shape index (κ1) is 19.2. The molecule has 1 aromatic heterocycles. The molecule has 0 saturated heterocycles. The lowest BCUT2D eigenvalue weighted by Crippen LogP contribution is -2.16. The smallest absolute Gasteiger partial charge is 0.261 e. The zero-order chi connectivity index (χ0) is 20.1. The molecule has 28 heavy (non-hydrogen) atoms. The van der Waals surface area contributed by atoms with Crippen molar-refractivity contribution in [3.63, 3.8) is 0 Å². The van der Waals surface area contributed by atoms with Crippen molar-refractivity contribution in [1.29, 1.82) is 5.26 Å². The van der Waals surface area contributed by atoms with Crippen LogP contribution < -0.4 is 4.72 Å². The number of nitrogens with one attached hydrogen (secondary N) is 1. The van der Waals surface area contributed by atoms with Crippen molar-refractivity contribution in [3.8, 4) is 6.07 Å². The molecule has 2 aromatic carbocycles. The van der Waals surface area contributed by atoms with Gasteiger partial charge in [0.15, 0.2) is 11.7 Å². The molecule has 6 nitrogen and oxygen atoms in total. The van der Waals surface area contributed by atoms with Crippen LogP contribution >= 0.6 is 0 Å². The zero-order valence-corrected chi connectivity index (χ0v) is 15.2. The Balaban J connectivity index is 1.90. The number of carbonyl (C=O) groups excluding carboxylic acids is 1. The third-order valence-electron chi connectivity index (χ3n) is 3.90. The number of ketones is 1. The van der Waals surface area contributed by atoms with Crippen LogP contribution in [0.3, 0.4) is 0 Å². The molecule has 0 spiro atoms. The summed E-state index contributed by atoms with van der Waals surface area (Å²) in [6, 6.07) is 17.0. The molecule has 1 N–H and O–H groups in total. The van der Waals surface area contributed by atoms with E-state index in [1.165, 1.54) is 42.6 Å². The predicted octanol–water partition coefficient (Wildman–Crippen LogP) is 3.51. The number of Topliss-reactive ketones (excluding diaryl/α,β-unsaturated/α-hetero) is 1. The lowest BCUT2D eigenvalue weighted by Gasteiger charge is -2.11. The van der Waals surface area contributed by atoms with Crippen LogP contribution in [0.2, 0.25) is 0 Å². The van der Waals surface area contributed by atoms with Crippen LogP contribution in [-0.4, -0.2) is 19.2 Å². The first-order valence-electron chi connectivity index (χ1n) is 8.14. The van der Waals surface area contributed by atoms with Crippen LogP contribution in [0.4, 0.5) is 10.1 Å². The first-order chi connectivity index (χ1) is 13.4. The highest BCUT2D eigenvalue weighted by Crippen LogP contribution is 2.22. The molecule has 3 aromatic rings. The molecule has 0 fully saturated rings. The van der Waals surface area contributed by atoms with Gasteiger partial charge in [0.1, 0.15) is 5.82 Å². The second kappa shape index (κ2) is 7.98. The molecule has 3 rings (SSSR count). The number of nitrogens with zero attached hydrogens (tertiary/aromatic N) is 2. The van der Waals surface area contributed by atoms with E-state index in [-0.39, 0.29) is 21.8 Å². The number of hydrogen-bond donors (Lipinski definition) is 1. The minimum atomic E-state index is -4.00. The maximum absolute atomic E-state index is 13.0. The van der Waals surface area contributed by atoms with Crippen molar-refractivity contribution in [2.45, 2.75) is 10.8 Å². The molecular weight excluding hydrogens is 381 g/mol. The number of halogens is 1. The standard InChI is InChI=1S/C20H14FN3O3S/c21-15-7-9-16(10-8-15)24-28(26,27)17-5-3-4-14(12-17)20(25)18(13-22)19-6-1-2-11-23-19/h1-12,18,24H/t18-/m1/s1. The van der Waals surface area contributed by atoms with E-state index in [1.54, 1.807) is 18.2 Å². The number of anilines is 1. The van der Waals surface area contributed by atoms with Crippen LogP contribution in [0.25, 0.3) is 0 Å². The van der Waals surface area contributed by atoms with E-state index in [1.807, 2.05) is 6.07 Å². The fraction of sp³-hybridized carbons (Fsp3) is 0.0500. The second-order valence-corrected chi connectivity index (χ2v) is 7.50. The van der Waals surface area contributed by atoms with Crippen LogP contribution in [0.15, 0.2) is 77.8 Å². The number of rotatable bonds is 6. The molecule has 1 heterocycles. The number of benzene rings is 2. The number of nitriles is 1. The van der Waals surface area contributed by atoms with E-state index in [2.05, 4.69) is 9.71 Å². The van der Waals surface area contributed by atoms with Crippen LogP contribution in [0.1, 0.15) is 22.0 Å². The lowest BCUT2D eigenvalue weighted by atomic mass is 9.95. The van der Waals surface area contributed by atoms with Crippen LogP contribution in [0.5, 0.6) is 0 Å². The summed E-state index contributed by atoms with van der Waals surface area (Å²) in [5.74, 6) is -2.20. The fourth-order valence-corrected chi connectivity index (χ4v) is 3.63. The average molecular weight is 395 g/mol. The van der Waals surface area contributed by atoms with Gasteiger partial charge in [0, 0.05) is 17.4 Å². The van der Waals surface area contributed by atoms with Gasteiger partial charge in [0.2, 0.25) is 0 Å². The third kappa shape index (κ3) is 4.22. The molecule has 1 atom stereocenters. The Kier molecular flexibility index (Phi) is 5.47. The molecular formula is C20H14FN3O3S. The molecule has 0 radical (unpaired) electrons. The van der Waals surface area contributed by atoms with Gasteiger partial charge in [-0.15, -0.1) is 0 Å². The van der Waals surface area contributed by atoms with Gasteiger partial charge in [-0.3, -0.25) is 14.5 Å². The van der Waals surface area contributed by atoms with Gasteiger partial charge in [0.05, 0.1) is 16.7 Å². The molecule has 0 amide bonds. The highest BCUT2D eigenvalue weighted by atomic mass is 32.2. The normalized spacial score (nSPS) is 12.0. The Hall–Kier alpha value is -3.57. The Morgan fingerprint density at radius 2 is 1.82 bits per heavy atom. The largest absolute Gasteiger partial charge is 0.292 e. The summed E-state index contributed by atoms with van der Waals surface area (Å²) in [6.45, 7) is 0. The van der Waals surface area contributed by atoms with Crippen molar-refractivity contribution >= 4 is 21.5 Å². The van der Waals surface area contributed by atoms with Crippen molar-refractivity contribution in [1.82, 2.24) is 4.98 Å². The van der Waals surface area contributed by atoms with Gasteiger partial charge in [0.25, 0.3) is 10.0 Å². The van der Waals surface area contributed by atoms with E-state index in [4.69, 9.17) is 0 Å². The Morgan fingerprint density at radius 3 is 2.46 bits per heavy atom. The summed E-state index contributed by atoms with van der Waals surface area (Å²) in [6.07, 6.45) is 1.47. The van der Waals surface area contributed by atoms with Gasteiger partial charge in [-0.1, -0.05) is 18.2 Å². The lowest BCUT2D eigenvalue weighted by molar-refractivity contribution is 0.0977. The summed E-state index contributed by atoms with van der Waals surface area (Å²) in [4.78, 5) is 16.6. The van der Waals surface area contributed by atoms with Crippen molar-refractivity contribution < 1.29 is 17.6 Å². The molecule has 0 unspecified atom stereocenters. The van der Waals surface area contributed by atoms with Gasteiger partial charge in [-0.2, -0.15) is 5.26 Å². The fourth-order valence-electron chi connectivity index (χ4n) is 2.52. The molecule has 0 aliphatic carbocycles. The van der Waals surface area contributed by atoms with Crippen LogP contribution in [-0.2, 0) is 10.0 Å². The molecule has 0 bridgehead atoms. The van der Waals surface area contributed by atoms with E-state index in [0.29, 0.717) is 0 Å². The van der Waals surface area contributed by atoms with Gasteiger partial charge < -0.3 is 0 Å². The van der Waals surface area contributed by atoms with E-state index >= 15 is 0 Å². The maximum atomic E-state index is 13.0. The van der Waals surface area contributed by atoms with Crippen molar-refractivity contribution in [2.75, 3.05) is 4.72 Å². The zero-order valence-electron chi connectivity index (χ0n) is 14.4. The Labute approximate surface area is 161 Å². The summed E-state index contributed by atoms with van der Waals surface area (Å²) in [5, 5.41) is 9.39. The predicted molar refractivity (Wildman–Crippen MR) is 101 cm³/mol. The molecule has 0 saturated carbocycles. The van der Waals surface area contributed by atoms with Gasteiger partial charge in [-0.05, 0) is 48.5 Å². The average Bonchev–Trinajstić information content (AvgIpc) is 2.71. The van der Waals surface area contributed by atoms with Gasteiger partial charge >= 0.3 is 0 Å². The van der Waals surface area contributed by atoms with E-state index in [0.717, 1.165) is 12.1 Å². The quantitative estimate of drug-likeness (QED) is 0.644. The summed E-state index contributed by atoms with van der Waals surface area (Å²) < 4.78 is 40.5. The highest BCUT2D eigenvalue weighted by molar-refractivity contribution is 7.92. The Morgan fingerprint density at radius 1 is 1.07 bits per heavy atom. The summed E-state index contributed by atoms with van der Waals surface area (Å²) >= 11 is 0. The van der Waals surface area contributed by atoms with E-state index < -0.39 is 27.5 Å². The second-order valence-electron chi connectivity index (χ2n) is 5.82. The number of aromatic nitrogens is 1. The summed E-state index contributed by atoms with van der Waals surface area (Å²) in [5.41, 5.74) is 0.536. The number of hydrogen-bond acceptors (Lipinski definition) is 5. The summed E-state index contributed by atoms with van der Waals surface area (Å²) in [7, 11) is -4.00. The van der Waals surface area contributed by atoms with Crippen molar-refractivity contribution in [2.24, 2.45) is 0 Å². The maximum Gasteiger partial charge on any atom is 0.261 e. The Bertz CT molecular complexity index is 1140. The monoisotopic (exact) mass is 395 g/mol. The number of sulfonamides is 1. The van der Waals surface area contributed by atoms with E-state index in [9.17, 15) is 22.9 Å². The SMILES string of the molecule is N#C[C@@H](C(=O)c1cccc(S(=O)(=O)Nc2ccc(F)cc2)c1)c1ccccn1. The number of carbonyl (C=O) groups is 1. The molecule has 0 aliphatic rings. The van der Waals surface area contributed by atoms with Crippen molar-refractivity contribution in [3.05, 3.63) is 90.0 Å². The molecule has 8 heteroatoms. The van der Waals surface area contributed by atoms with Gasteiger partial charge in [-0.25, -0.2) is 12.8 Å².